The number of nitrogens with two attached hydrogens (primary N) is 1. The van der Waals surface area contributed by atoms with Gasteiger partial charge in [-0.25, -0.2) is 8.42 Å². The van der Waals surface area contributed by atoms with Gasteiger partial charge in [0.05, 0.1) is 34.1 Å². The quantitative estimate of drug-likeness (QED) is 0.293. The number of rotatable bonds is 10. The van der Waals surface area contributed by atoms with Crippen molar-refractivity contribution >= 4 is 38.9 Å². The van der Waals surface area contributed by atoms with Gasteiger partial charge in [-0.1, -0.05) is 18.2 Å². The van der Waals surface area contributed by atoms with E-state index >= 15 is 0 Å². The average molecular weight is 484 g/mol. The number of ether oxygens (including phenoxy) is 1. The maximum absolute atomic E-state index is 12.8. The van der Waals surface area contributed by atoms with Crippen LogP contribution in [-0.2, 0) is 14.8 Å². The Morgan fingerprint density at radius 3 is 2.38 bits per heavy atom. The average Bonchev–Trinajstić information content (AvgIpc) is 2.80. The summed E-state index contributed by atoms with van der Waals surface area (Å²) in [5, 5.41) is 13.6. The molecule has 0 bridgehead atoms. The van der Waals surface area contributed by atoms with Gasteiger partial charge in [-0.05, 0) is 42.5 Å². The van der Waals surface area contributed by atoms with Crippen LogP contribution in [0.1, 0.15) is 16.8 Å². The van der Waals surface area contributed by atoms with Crippen LogP contribution in [0, 0.1) is 10.1 Å². The molecule has 0 aliphatic heterocycles. The lowest BCUT2D eigenvalue weighted by molar-refractivity contribution is -0.385. The summed E-state index contributed by atoms with van der Waals surface area (Å²) in [4.78, 5) is 33.5. The molecule has 176 valence electrons. The number of hydrogen-bond donors (Lipinski definition) is 3. The second-order valence-electron chi connectivity index (χ2n) is 6.95. The maximum Gasteiger partial charge on any atom is 0.270 e. The van der Waals surface area contributed by atoms with Gasteiger partial charge in [0.25, 0.3) is 21.6 Å². The Balaban J connectivity index is 1.74. The predicted octanol–water partition coefficient (Wildman–Crippen LogP) is 2.90. The molecule has 0 radical (unpaired) electrons. The molecule has 0 spiro atoms. The van der Waals surface area contributed by atoms with Crippen LogP contribution >= 0.6 is 0 Å². The van der Waals surface area contributed by atoms with Crippen LogP contribution in [0.4, 0.5) is 17.1 Å². The van der Waals surface area contributed by atoms with Crippen molar-refractivity contribution in [2.75, 3.05) is 16.6 Å². The van der Waals surface area contributed by atoms with Crippen molar-refractivity contribution in [3.05, 3.63) is 88.5 Å². The van der Waals surface area contributed by atoms with Crippen LogP contribution in [0.15, 0.2) is 77.7 Å². The van der Waals surface area contributed by atoms with Crippen molar-refractivity contribution in [2.45, 2.75) is 11.3 Å². The summed E-state index contributed by atoms with van der Waals surface area (Å²) in [6, 6.07) is 16.9. The molecule has 0 aromatic heterocycles. The summed E-state index contributed by atoms with van der Waals surface area (Å²) >= 11 is 0. The van der Waals surface area contributed by atoms with Crippen molar-refractivity contribution in [1.82, 2.24) is 0 Å². The monoisotopic (exact) mass is 484 g/mol. The number of nitrogens with one attached hydrogen (secondary N) is 2. The number of anilines is 2. The molecule has 0 aliphatic rings. The van der Waals surface area contributed by atoms with Crippen LogP contribution in [0.3, 0.4) is 0 Å². The van der Waals surface area contributed by atoms with E-state index in [1.54, 1.807) is 36.4 Å². The summed E-state index contributed by atoms with van der Waals surface area (Å²) in [5.41, 5.74) is 5.14. The Morgan fingerprint density at radius 1 is 1.00 bits per heavy atom. The van der Waals surface area contributed by atoms with Crippen LogP contribution < -0.4 is 20.5 Å². The molecule has 4 N–H and O–H groups in total. The molecule has 3 rings (SSSR count). The second-order valence-corrected chi connectivity index (χ2v) is 8.63. The predicted molar refractivity (Wildman–Crippen MR) is 124 cm³/mol. The molecule has 0 fully saturated rings. The van der Waals surface area contributed by atoms with E-state index in [-0.39, 0.29) is 34.9 Å². The van der Waals surface area contributed by atoms with E-state index in [2.05, 4.69) is 10.0 Å². The molecule has 0 saturated heterocycles. The highest BCUT2D eigenvalue weighted by Gasteiger charge is 2.21. The Labute approximate surface area is 194 Å². The zero-order valence-corrected chi connectivity index (χ0v) is 18.4. The molecule has 11 nitrogen and oxygen atoms in total. The van der Waals surface area contributed by atoms with Crippen LogP contribution in [0.25, 0.3) is 0 Å². The van der Waals surface area contributed by atoms with E-state index in [1.165, 1.54) is 30.3 Å². The third kappa shape index (κ3) is 6.29. The zero-order chi connectivity index (χ0) is 24.7. The summed E-state index contributed by atoms with van der Waals surface area (Å²) in [6.45, 7) is 0.124. The topological polar surface area (TPSA) is 171 Å². The summed E-state index contributed by atoms with van der Waals surface area (Å²) < 4.78 is 33.2. The van der Waals surface area contributed by atoms with E-state index in [0.29, 0.717) is 11.4 Å². The number of nitrogens with zero attached hydrogens (tertiary/aromatic N) is 1. The van der Waals surface area contributed by atoms with Gasteiger partial charge in [-0.2, -0.15) is 0 Å². The Bertz CT molecular complexity index is 1330. The highest BCUT2D eigenvalue weighted by Crippen LogP contribution is 2.24. The number of carbonyl (C=O) groups is 2. The van der Waals surface area contributed by atoms with Crippen LogP contribution in [0.5, 0.6) is 5.75 Å². The van der Waals surface area contributed by atoms with Gasteiger partial charge in [-0.15, -0.1) is 0 Å². The Morgan fingerprint density at radius 2 is 1.71 bits per heavy atom. The first-order valence-corrected chi connectivity index (χ1v) is 11.3. The van der Waals surface area contributed by atoms with Crippen molar-refractivity contribution in [3.63, 3.8) is 0 Å². The number of hydrogen-bond acceptors (Lipinski definition) is 7. The van der Waals surface area contributed by atoms with Gasteiger partial charge in [0.2, 0.25) is 5.91 Å². The molecule has 2 amide bonds. The minimum absolute atomic E-state index is 0.00193. The lowest BCUT2D eigenvalue weighted by Crippen LogP contribution is -2.18. The molecule has 0 aliphatic carbocycles. The van der Waals surface area contributed by atoms with Gasteiger partial charge in [-0.3, -0.25) is 24.4 Å². The number of nitro groups is 1. The van der Waals surface area contributed by atoms with Crippen LogP contribution in [0.2, 0.25) is 0 Å². The normalized spacial score (nSPS) is 10.8. The fourth-order valence-corrected chi connectivity index (χ4v) is 3.96. The van der Waals surface area contributed by atoms with E-state index in [1.807, 2.05) is 0 Å². The molecule has 0 atom stereocenters. The molecule has 0 heterocycles. The van der Waals surface area contributed by atoms with Crippen molar-refractivity contribution in [2.24, 2.45) is 5.73 Å². The molecular weight excluding hydrogens is 464 g/mol. The number of primary amides is 1. The van der Waals surface area contributed by atoms with Gasteiger partial charge < -0.3 is 15.8 Å². The fourth-order valence-electron chi connectivity index (χ4n) is 2.84. The number of para-hydroxylation sites is 1. The van der Waals surface area contributed by atoms with Crippen molar-refractivity contribution in [1.29, 1.82) is 0 Å². The van der Waals surface area contributed by atoms with Crippen molar-refractivity contribution in [3.8, 4) is 5.75 Å². The van der Waals surface area contributed by atoms with Gasteiger partial charge in [0.1, 0.15) is 5.75 Å². The lowest BCUT2D eigenvalue weighted by Gasteiger charge is -2.13. The van der Waals surface area contributed by atoms with E-state index in [0.717, 1.165) is 6.07 Å². The minimum Gasteiger partial charge on any atom is -0.493 e. The minimum atomic E-state index is -4.20. The van der Waals surface area contributed by atoms with Crippen LogP contribution in [-0.4, -0.2) is 31.8 Å². The highest BCUT2D eigenvalue weighted by atomic mass is 32.2. The SMILES string of the molecule is NC(=O)CCOc1ccc(NC(=O)c2ccccc2NS(=O)(=O)c2cccc([N+](=O)[O-])c2)cc1. The number of sulfonamides is 1. The standard InChI is InChI=1S/C22H20N4O7S/c23-21(27)12-13-33-17-10-8-15(9-11-17)24-22(28)19-6-1-2-7-20(19)25-34(31,32)18-5-3-4-16(14-18)26(29)30/h1-11,14,25H,12-13H2,(H2,23,27)(H,24,28). The smallest absolute Gasteiger partial charge is 0.270 e. The molecule has 12 heteroatoms. The third-order valence-electron chi connectivity index (χ3n) is 4.48. The van der Waals surface area contributed by atoms with Crippen molar-refractivity contribution < 1.29 is 27.7 Å². The zero-order valence-electron chi connectivity index (χ0n) is 17.6. The first-order valence-electron chi connectivity index (χ1n) is 9.84. The molecular formula is C22H20N4O7S. The summed E-state index contributed by atoms with van der Waals surface area (Å²) in [7, 11) is -4.20. The first-order chi connectivity index (χ1) is 16.2. The summed E-state index contributed by atoms with van der Waals surface area (Å²) in [6.07, 6.45) is 0.0709. The van der Waals surface area contributed by atoms with E-state index in [9.17, 15) is 28.1 Å². The Kier molecular flexibility index (Phi) is 7.43. The number of benzene rings is 3. The highest BCUT2D eigenvalue weighted by molar-refractivity contribution is 7.92. The number of amides is 2. The van der Waals surface area contributed by atoms with E-state index in [4.69, 9.17) is 10.5 Å². The molecule has 0 unspecified atom stereocenters. The number of non-ortho nitro benzene ring substituents is 1. The molecule has 0 saturated carbocycles. The maximum atomic E-state index is 12.8. The van der Waals surface area contributed by atoms with E-state index < -0.39 is 26.8 Å². The second kappa shape index (κ2) is 10.4. The van der Waals surface area contributed by atoms with Gasteiger partial charge in [0.15, 0.2) is 0 Å². The Hall–Kier alpha value is -4.45. The fraction of sp³-hybridized carbons (Fsp3) is 0.0909. The van der Waals surface area contributed by atoms with Gasteiger partial charge >= 0.3 is 0 Å². The lowest BCUT2D eigenvalue weighted by atomic mass is 10.1. The van der Waals surface area contributed by atoms with Gasteiger partial charge in [0, 0.05) is 17.8 Å². The first kappa shape index (κ1) is 24.2. The number of carbonyl (C=O) groups excluding carboxylic acids is 2. The molecule has 3 aromatic rings. The molecule has 34 heavy (non-hydrogen) atoms. The molecule has 3 aromatic carbocycles. The number of nitro benzene ring substituents is 1. The summed E-state index contributed by atoms with van der Waals surface area (Å²) in [5.74, 6) is -0.590. The third-order valence-corrected chi connectivity index (χ3v) is 5.85. The largest absolute Gasteiger partial charge is 0.493 e.